The monoisotopic (exact) mass is 488 g/mol. The summed E-state index contributed by atoms with van der Waals surface area (Å²) >= 11 is 0. The summed E-state index contributed by atoms with van der Waals surface area (Å²) in [5, 5.41) is 34.3. The smallest absolute Gasteiger partial charge is 0.302 e. The maximum atomic E-state index is 13.7. The van der Waals surface area contributed by atoms with Crippen LogP contribution in [-0.4, -0.2) is 58.3 Å². The predicted molar refractivity (Wildman–Crippen MR) is 122 cm³/mol. The van der Waals surface area contributed by atoms with Crippen molar-refractivity contribution in [2.75, 3.05) is 6.61 Å². The van der Waals surface area contributed by atoms with E-state index in [0.717, 1.165) is 18.4 Å². The van der Waals surface area contributed by atoms with Crippen LogP contribution in [0.2, 0.25) is 0 Å². The van der Waals surface area contributed by atoms with Crippen molar-refractivity contribution in [3.63, 3.8) is 0 Å². The lowest BCUT2D eigenvalue weighted by molar-refractivity contribution is -0.347. The number of Topliss-reactive ketones (excluding diaryl/α,β-unsaturated/α-hetero) is 1. The molecule has 4 aliphatic carbocycles. The van der Waals surface area contributed by atoms with Gasteiger partial charge in [-0.25, -0.2) is 0 Å². The summed E-state index contributed by atoms with van der Waals surface area (Å²) < 4.78 is 16.8. The first-order valence-electron chi connectivity index (χ1n) is 12.9. The van der Waals surface area contributed by atoms with Crippen LogP contribution in [0.15, 0.2) is 23.0 Å². The Bertz CT molecular complexity index is 1020. The number of aliphatic hydroxyl groups excluding tert-OH is 3. The van der Waals surface area contributed by atoms with E-state index in [4.69, 9.17) is 13.9 Å². The molecular weight excluding hydrogens is 452 g/mol. The lowest BCUT2D eigenvalue weighted by Gasteiger charge is -2.70. The average Bonchev–Trinajstić information content (AvgIpc) is 3.39. The Labute approximate surface area is 205 Å². The first-order chi connectivity index (χ1) is 16.5. The number of esters is 1. The molecular formula is C27H36O8. The fraction of sp³-hybridized carbons (Fsp3) is 0.778. The number of rotatable bonds is 2. The molecule has 5 fully saturated rings. The molecule has 1 aliphatic heterocycles. The van der Waals surface area contributed by atoms with Gasteiger partial charge in [-0.05, 0) is 54.1 Å². The third-order valence-electron chi connectivity index (χ3n) is 11.1. The van der Waals surface area contributed by atoms with Crippen molar-refractivity contribution in [1.29, 1.82) is 0 Å². The summed E-state index contributed by atoms with van der Waals surface area (Å²) in [6.07, 6.45) is 2.42. The molecule has 2 unspecified atom stereocenters. The van der Waals surface area contributed by atoms with Gasteiger partial charge in [0.15, 0.2) is 6.29 Å². The third kappa shape index (κ3) is 2.88. The maximum Gasteiger partial charge on any atom is 0.302 e. The summed E-state index contributed by atoms with van der Waals surface area (Å²) in [6, 6.07) is 1.94. The van der Waals surface area contributed by atoms with E-state index in [0.29, 0.717) is 12.8 Å². The van der Waals surface area contributed by atoms with Crippen LogP contribution < -0.4 is 0 Å². The molecule has 6 rings (SSSR count). The van der Waals surface area contributed by atoms with Crippen LogP contribution in [0.3, 0.4) is 0 Å². The highest BCUT2D eigenvalue weighted by Gasteiger charge is 2.75. The maximum absolute atomic E-state index is 13.7. The quantitative estimate of drug-likeness (QED) is 0.542. The number of carbonyl (C=O) groups is 2. The second-order valence-electron chi connectivity index (χ2n) is 12.3. The number of fused-ring (bicyclic) bond motifs is 3. The van der Waals surface area contributed by atoms with E-state index in [2.05, 4.69) is 6.92 Å². The average molecular weight is 489 g/mol. The lowest BCUT2D eigenvalue weighted by Crippen LogP contribution is -2.74. The SMILES string of the molecule is CC(=O)O[C@@H]1C[C@H](O)[C@@]23COC(O)[C@@H]1[C@@H]2C[C@@H](O)[C@@]1(C)C2C(=O)C[C@@H](c4ccoc4)[C@]2(C)CC[C@@H]13. The normalized spacial score (nSPS) is 52.9. The molecule has 0 radical (unpaired) electrons. The summed E-state index contributed by atoms with van der Waals surface area (Å²) in [5.74, 6) is -1.61. The van der Waals surface area contributed by atoms with Crippen molar-refractivity contribution < 1.29 is 38.8 Å². The van der Waals surface area contributed by atoms with E-state index >= 15 is 0 Å². The van der Waals surface area contributed by atoms with Gasteiger partial charge in [0.05, 0.1) is 37.3 Å². The zero-order chi connectivity index (χ0) is 24.9. The van der Waals surface area contributed by atoms with E-state index in [9.17, 15) is 24.9 Å². The summed E-state index contributed by atoms with van der Waals surface area (Å²) in [4.78, 5) is 25.5. The minimum Gasteiger partial charge on any atom is -0.472 e. The van der Waals surface area contributed by atoms with Crippen LogP contribution >= 0.6 is 0 Å². The van der Waals surface area contributed by atoms with Crippen molar-refractivity contribution in [3.05, 3.63) is 24.2 Å². The van der Waals surface area contributed by atoms with Gasteiger partial charge in [-0.2, -0.15) is 0 Å². The van der Waals surface area contributed by atoms with Crippen LogP contribution in [0, 0.1) is 39.9 Å². The molecule has 1 aromatic heterocycles. The lowest BCUT2D eigenvalue weighted by atomic mass is 9.36. The minimum absolute atomic E-state index is 0.0285. The van der Waals surface area contributed by atoms with Gasteiger partial charge >= 0.3 is 5.97 Å². The summed E-state index contributed by atoms with van der Waals surface area (Å²) in [6.45, 7) is 5.70. The first-order valence-corrected chi connectivity index (χ1v) is 12.9. The van der Waals surface area contributed by atoms with Gasteiger partial charge in [-0.1, -0.05) is 13.8 Å². The number of ketones is 1. The Kier molecular flexibility index (Phi) is 5.16. The van der Waals surface area contributed by atoms with Gasteiger partial charge in [0.2, 0.25) is 0 Å². The van der Waals surface area contributed by atoms with Crippen LogP contribution in [0.5, 0.6) is 0 Å². The molecule has 12 atom stereocenters. The van der Waals surface area contributed by atoms with Gasteiger partial charge in [-0.3, -0.25) is 9.59 Å². The molecule has 3 N–H and O–H groups in total. The van der Waals surface area contributed by atoms with Crippen molar-refractivity contribution >= 4 is 11.8 Å². The molecule has 35 heavy (non-hydrogen) atoms. The third-order valence-corrected chi connectivity index (χ3v) is 11.1. The molecule has 192 valence electrons. The molecule has 0 aromatic carbocycles. The molecule has 0 spiro atoms. The molecule has 5 aliphatic rings. The van der Waals surface area contributed by atoms with E-state index < -0.39 is 47.3 Å². The summed E-state index contributed by atoms with van der Waals surface area (Å²) in [7, 11) is 0. The highest BCUT2D eigenvalue weighted by Crippen LogP contribution is 2.74. The summed E-state index contributed by atoms with van der Waals surface area (Å²) in [5.41, 5.74) is -0.766. The van der Waals surface area contributed by atoms with Crippen LogP contribution in [0.25, 0.3) is 0 Å². The zero-order valence-electron chi connectivity index (χ0n) is 20.6. The van der Waals surface area contributed by atoms with Crippen molar-refractivity contribution in [1.82, 2.24) is 0 Å². The molecule has 1 aromatic rings. The minimum atomic E-state index is -1.13. The van der Waals surface area contributed by atoms with E-state index in [1.165, 1.54) is 6.92 Å². The standard InChI is InChI=1S/C27H36O8/c1-13(28)35-18-10-21(31)27-12-34-24(32)22(18)16(27)9-20(30)26(3)19(27)4-6-25(2)15(8-17(29)23(25)26)14-5-7-33-11-14/h5,7,11,15-16,18-24,30-32H,4,6,8-10,12H2,1-3H3/t15-,16-,18+,19-,20+,21-,22+,23?,24?,25-,26-,27-/m0/s1. The van der Waals surface area contributed by atoms with Crippen LogP contribution in [0.1, 0.15) is 64.4 Å². The highest BCUT2D eigenvalue weighted by molar-refractivity contribution is 5.87. The van der Waals surface area contributed by atoms with E-state index in [1.807, 2.05) is 13.0 Å². The number of hydrogen-bond acceptors (Lipinski definition) is 8. The van der Waals surface area contributed by atoms with Crippen LogP contribution in [0.4, 0.5) is 0 Å². The highest BCUT2D eigenvalue weighted by atomic mass is 16.6. The van der Waals surface area contributed by atoms with Gasteiger partial charge in [-0.15, -0.1) is 0 Å². The molecule has 4 saturated carbocycles. The molecule has 2 bridgehead atoms. The van der Waals surface area contributed by atoms with Crippen molar-refractivity contribution in [3.8, 4) is 0 Å². The van der Waals surface area contributed by atoms with Crippen LogP contribution in [-0.2, 0) is 19.1 Å². The second kappa shape index (κ2) is 7.63. The van der Waals surface area contributed by atoms with Gasteiger partial charge < -0.3 is 29.2 Å². The number of aliphatic hydroxyl groups is 3. The first kappa shape index (κ1) is 23.6. The van der Waals surface area contributed by atoms with E-state index in [1.54, 1.807) is 12.5 Å². The second-order valence-corrected chi connectivity index (χ2v) is 12.3. The topological polar surface area (TPSA) is 126 Å². The Balaban J connectivity index is 1.43. The van der Waals surface area contributed by atoms with Gasteiger partial charge in [0.1, 0.15) is 11.9 Å². The van der Waals surface area contributed by atoms with Crippen molar-refractivity contribution in [2.24, 2.45) is 39.9 Å². The fourth-order valence-corrected chi connectivity index (χ4v) is 9.90. The number of hydrogen-bond donors (Lipinski definition) is 3. The molecule has 8 heteroatoms. The Morgan fingerprint density at radius 3 is 2.63 bits per heavy atom. The Morgan fingerprint density at radius 1 is 1.17 bits per heavy atom. The number of carbonyl (C=O) groups excluding carboxylic acids is 2. The molecule has 0 amide bonds. The fourth-order valence-electron chi connectivity index (χ4n) is 9.90. The van der Waals surface area contributed by atoms with E-state index in [-0.39, 0.29) is 47.9 Å². The van der Waals surface area contributed by atoms with Gasteiger partial charge in [0, 0.05) is 36.5 Å². The Hall–Kier alpha value is -1.74. The predicted octanol–water partition coefficient (Wildman–Crippen LogP) is 2.40. The zero-order valence-corrected chi connectivity index (χ0v) is 20.6. The number of ether oxygens (including phenoxy) is 2. The molecule has 8 nitrogen and oxygen atoms in total. The van der Waals surface area contributed by atoms with Gasteiger partial charge in [0.25, 0.3) is 0 Å². The molecule has 2 heterocycles. The molecule has 1 saturated heterocycles. The largest absolute Gasteiger partial charge is 0.472 e. The Morgan fingerprint density at radius 2 is 1.94 bits per heavy atom. The van der Waals surface area contributed by atoms with Crippen molar-refractivity contribution in [2.45, 2.75) is 83.4 Å². The number of furan rings is 1.